The fraction of sp³-hybridized carbons (Fsp3) is 0.900. The zero-order chi connectivity index (χ0) is 16.5. The summed E-state index contributed by atoms with van der Waals surface area (Å²) in [5.41, 5.74) is 1.44. The lowest BCUT2D eigenvalue weighted by atomic mass is 10.2. The number of carbonyl (C=O) groups is 1. The van der Waals surface area contributed by atoms with Crippen molar-refractivity contribution in [2.24, 2.45) is 0 Å². The Morgan fingerprint density at radius 1 is 1.38 bits per heavy atom. The van der Waals surface area contributed by atoms with E-state index in [0.717, 1.165) is 0 Å². The van der Waals surface area contributed by atoms with Crippen molar-refractivity contribution in [3.05, 3.63) is 0 Å². The quantitative estimate of drug-likeness (QED) is 0.214. The Bertz CT molecular complexity index is 357. The molecule has 0 aliphatic carbocycles. The molecule has 0 aliphatic rings. The van der Waals surface area contributed by atoms with E-state index in [9.17, 15) is 14.3 Å². The van der Waals surface area contributed by atoms with Gasteiger partial charge in [-0.15, -0.1) is 5.48 Å². The van der Waals surface area contributed by atoms with Gasteiger partial charge in [0.2, 0.25) is 0 Å². The fourth-order valence-corrected chi connectivity index (χ4v) is 1.59. The Morgan fingerprint density at radius 2 is 2.00 bits per heavy atom. The van der Waals surface area contributed by atoms with Gasteiger partial charge in [-0.1, -0.05) is 0 Å². The molecule has 0 amide bonds. The van der Waals surface area contributed by atoms with Crippen LogP contribution in [0.5, 0.6) is 0 Å². The highest BCUT2D eigenvalue weighted by Gasteiger charge is 2.17. The summed E-state index contributed by atoms with van der Waals surface area (Å²) in [7, 11) is -4.59. The number of rotatable bonds is 9. The Labute approximate surface area is 122 Å². The number of phosphoric acid groups is 1. The summed E-state index contributed by atoms with van der Waals surface area (Å²) in [6.07, 6.45) is -2.28. The highest BCUT2D eigenvalue weighted by atomic mass is 31.2. The molecule has 0 saturated carbocycles. The summed E-state index contributed by atoms with van der Waals surface area (Å²) >= 11 is 0. The van der Waals surface area contributed by atoms with Crippen molar-refractivity contribution in [1.29, 1.82) is 0 Å². The lowest BCUT2D eigenvalue weighted by Crippen LogP contribution is -2.30. The van der Waals surface area contributed by atoms with E-state index >= 15 is 0 Å². The van der Waals surface area contributed by atoms with Crippen LogP contribution in [0.15, 0.2) is 0 Å². The first kappa shape index (κ1) is 20.3. The molecule has 3 N–H and O–H groups in total. The van der Waals surface area contributed by atoms with Crippen molar-refractivity contribution >= 4 is 14.0 Å². The number of hydroxylamine groups is 1. The van der Waals surface area contributed by atoms with Gasteiger partial charge < -0.3 is 33.7 Å². The number of phosphoric ester groups is 1. The maximum absolute atomic E-state index is 11.2. The van der Waals surface area contributed by atoms with Crippen LogP contribution in [0.2, 0.25) is 0 Å². The van der Waals surface area contributed by atoms with Crippen LogP contribution in [0.25, 0.3) is 0 Å². The average Bonchev–Trinajstić information content (AvgIpc) is 2.33. The minimum absolute atomic E-state index is 0.128. The summed E-state index contributed by atoms with van der Waals surface area (Å²) in [6, 6.07) is 0. The molecule has 0 aromatic rings. The lowest BCUT2D eigenvalue weighted by molar-refractivity contribution is -0.227. The van der Waals surface area contributed by atoms with Crippen LogP contribution in [-0.4, -0.2) is 54.4 Å². The van der Waals surface area contributed by atoms with Crippen LogP contribution in [0.4, 0.5) is 4.79 Å². The normalized spacial score (nSPS) is 16.1. The van der Waals surface area contributed by atoms with Gasteiger partial charge in [0.15, 0.2) is 0 Å². The van der Waals surface area contributed by atoms with E-state index in [1.807, 2.05) is 0 Å². The fourth-order valence-electron chi connectivity index (χ4n) is 0.847. The van der Waals surface area contributed by atoms with Crippen molar-refractivity contribution < 1.29 is 43.1 Å². The van der Waals surface area contributed by atoms with E-state index in [2.05, 4.69) is 19.4 Å². The molecule has 0 heterocycles. The third-order valence-corrected chi connectivity index (χ3v) is 2.60. The number of ether oxygens (including phenoxy) is 1. The number of hydrogen-bond donors (Lipinski definition) is 3. The first-order chi connectivity index (χ1) is 9.56. The minimum atomic E-state index is -4.59. The van der Waals surface area contributed by atoms with Crippen molar-refractivity contribution in [2.75, 3.05) is 26.4 Å². The largest absolute Gasteiger partial charge is 0.756 e. The zero-order valence-corrected chi connectivity index (χ0v) is 13.0. The molecule has 0 spiro atoms. The first-order valence-electron chi connectivity index (χ1n) is 6.07. The first-order valence-corrected chi connectivity index (χ1v) is 7.53. The van der Waals surface area contributed by atoms with E-state index in [4.69, 9.17) is 14.9 Å². The molecule has 0 rings (SSSR count). The number of hydrogen-bond acceptors (Lipinski definition) is 10. The summed E-state index contributed by atoms with van der Waals surface area (Å²) < 4.78 is 24.7. The SMILES string of the molecule is CC(C)(C)OC(=O)ONCCOP(=O)([O-])OCC(O)CO. The topological polar surface area (TPSA) is 147 Å². The molecular weight excluding hydrogens is 309 g/mol. The standard InChI is InChI=1S/C10H22NO9P/c1-10(2,3)19-9(14)20-11-4-5-17-21(15,16)18-7-8(13)6-12/h8,11-13H,4-7H2,1-3H3,(H,15,16)/p-1. The molecule has 21 heavy (non-hydrogen) atoms. The number of nitrogens with one attached hydrogen (secondary N) is 1. The van der Waals surface area contributed by atoms with Crippen molar-refractivity contribution in [3.8, 4) is 0 Å². The van der Waals surface area contributed by atoms with Gasteiger partial charge >= 0.3 is 6.16 Å². The predicted octanol–water partition coefficient (Wildman–Crippen LogP) is -0.703. The molecular formula is C10H21NO9P-. The van der Waals surface area contributed by atoms with Crippen LogP contribution in [0.1, 0.15) is 20.8 Å². The molecule has 10 nitrogen and oxygen atoms in total. The van der Waals surface area contributed by atoms with Crippen LogP contribution < -0.4 is 10.4 Å². The summed E-state index contributed by atoms with van der Waals surface area (Å²) in [5, 5.41) is 17.4. The van der Waals surface area contributed by atoms with Crippen molar-refractivity contribution in [1.82, 2.24) is 5.48 Å². The molecule has 126 valence electrons. The smallest absolute Gasteiger partial charge is 0.528 e. The second-order valence-corrected chi connectivity index (χ2v) is 6.28. The Morgan fingerprint density at radius 3 is 2.52 bits per heavy atom. The van der Waals surface area contributed by atoms with Gasteiger partial charge in [0.05, 0.1) is 26.4 Å². The predicted molar refractivity (Wildman–Crippen MR) is 67.9 cm³/mol. The van der Waals surface area contributed by atoms with Crippen LogP contribution in [0, 0.1) is 0 Å². The second kappa shape index (κ2) is 9.31. The van der Waals surface area contributed by atoms with E-state index in [-0.39, 0.29) is 13.2 Å². The number of aliphatic hydroxyl groups is 2. The third kappa shape index (κ3) is 12.7. The Hall–Kier alpha value is -0.740. The molecule has 11 heteroatoms. The Balaban J connectivity index is 3.75. The van der Waals surface area contributed by atoms with Crippen molar-refractivity contribution in [3.63, 3.8) is 0 Å². The van der Waals surface area contributed by atoms with Crippen LogP contribution in [0.3, 0.4) is 0 Å². The van der Waals surface area contributed by atoms with Crippen LogP contribution >= 0.6 is 7.82 Å². The van der Waals surface area contributed by atoms with E-state index < -0.39 is 38.9 Å². The van der Waals surface area contributed by atoms with E-state index in [1.54, 1.807) is 20.8 Å². The Kier molecular flexibility index (Phi) is 8.98. The molecule has 2 atom stereocenters. The molecule has 0 aliphatic heterocycles. The minimum Gasteiger partial charge on any atom is -0.756 e. The summed E-state index contributed by atoms with van der Waals surface area (Å²) in [5.74, 6) is 0. The lowest BCUT2D eigenvalue weighted by Gasteiger charge is -2.23. The maximum atomic E-state index is 11.2. The highest BCUT2D eigenvalue weighted by Crippen LogP contribution is 2.37. The number of carbonyl (C=O) groups excluding carboxylic acids is 1. The summed E-state index contributed by atoms with van der Waals surface area (Å²) in [6.45, 7) is 3.23. The maximum Gasteiger partial charge on any atom is 0.528 e. The molecule has 0 aromatic heterocycles. The van der Waals surface area contributed by atoms with Gasteiger partial charge in [-0.2, -0.15) is 0 Å². The molecule has 0 radical (unpaired) electrons. The second-order valence-electron chi connectivity index (χ2n) is 4.87. The van der Waals surface area contributed by atoms with Gasteiger partial charge in [0.25, 0.3) is 7.82 Å². The molecule has 0 bridgehead atoms. The van der Waals surface area contributed by atoms with Gasteiger partial charge in [-0.25, -0.2) is 4.79 Å². The van der Waals surface area contributed by atoms with Gasteiger partial charge in [-0.05, 0) is 20.8 Å². The molecule has 0 saturated heterocycles. The van der Waals surface area contributed by atoms with E-state index in [1.165, 1.54) is 0 Å². The van der Waals surface area contributed by atoms with Gasteiger partial charge in [0.1, 0.15) is 11.7 Å². The summed E-state index contributed by atoms with van der Waals surface area (Å²) in [4.78, 5) is 26.7. The monoisotopic (exact) mass is 330 g/mol. The molecule has 0 fully saturated rings. The van der Waals surface area contributed by atoms with Gasteiger partial charge in [0, 0.05) is 0 Å². The average molecular weight is 330 g/mol. The van der Waals surface area contributed by atoms with E-state index in [0.29, 0.717) is 0 Å². The third-order valence-electron chi connectivity index (χ3n) is 1.63. The number of aliphatic hydroxyl groups excluding tert-OH is 2. The zero-order valence-electron chi connectivity index (χ0n) is 12.1. The van der Waals surface area contributed by atoms with Gasteiger partial charge in [-0.3, -0.25) is 4.57 Å². The van der Waals surface area contributed by atoms with Crippen LogP contribution in [-0.2, 0) is 23.2 Å². The highest BCUT2D eigenvalue weighted by molar-refractivity contribution is 7.45. The molecule has 2 unspecified atom stereocenters. The molecule has 0 aromatic carbocycles. The van der Waals surface area contributed by atoms with Crippen molar-refractivity contribution in [2.45, 2.75) is 32.5 Å².